The quantitative estimate of drug-likeness (QED) is 0.831. The van der Waals surface area contributed by atoms with Crippen molar-refractivity contribution < 1.29 is 5.11 Å². The number of rotatable bonds is 6. The van der Waals surface area contributed by atoms with Gasteiger partial charge in [0.1, 0.15) is 5.82 Å². The molecular weight excluding hydrogens is 312 g/mol. The van der Waals surface area contributed by atoms with Crippen LogP contribution in [-0.2, 0) is 13.0 Å². The molecule has 5 nitrogen and oxygen atoms in total. The summed E-state index contributed by atoms with van der Waals surface area (Å²) < 4.78 is 0. The number of H-pyrrole nitrogens is 1. The van der Waals surface area contributed by atoms with E-state index in [1.807, 2.05) is 6.20 Å². The van der Waals surface area contributed by atoms with Gasteiger partial charge in [0.2, 0.25) is 0 Å². The summed E-state index contributed by atoms with van der Waals surface area (Å²) in [5.74, 6) is 1.99. The fourth-order valence-corrected chi connectivity index (χ4v) is 5.15. The van der Waals surface area contributed by atoms with Gasteiger partial charge in [-0.15, -0.1) is 0 Å². The SMILES string of the molecule is OC1(CN2CCCC2)CCCN(Cc2cnc(CC3CCCC3)[nH]2)C1. The van der Waals surface area contributed by atoms with Gasteiger partial charge in [-0.1, -0.05) is 25.7 Å². The Morgan fingerprint density at radius 3 is 2.64 bits per heavy atom. The molecule has 0 amide bonds. The highest BCUT2D eigenvalue weighted by atomic mass is 16.3. The molecular formula is C20H34N4O. The van der Waals surface area contributed by atoms with Crippen LogP contribution in [-0.4, -0.2) is 63.2 Å². The summed E-state index contributed by atoms with van der Waals surface area (Å²) in [7, 11) is 0. The van der Waals surface area contributed by atoms with Crippen molar-refractivity contribution in [3.63, 3.8) is 0 Å². The van der Waals surface area contributed by atoms with E-state index in [4.69, 9.17) is 0 Å². The molecule has 1 aromatic heterocycles. The van der Waals surface area contributed by atoms with Gasteiger partial charge >= 0.3 is 0 Å². The van der Waals surface area contributed by atoms with Gasteiger partial charge in [0.25, 0.3) is 0 Å². The predicted octanol–water partition coefficient (Wildman–Crippen LogP) is 2.57. The lowest BCUT2D eigenvalue weighted by atomic mass is 9.92. The molecule has 25 heavy (non-hydrogen) atoms. The van der Waals surface area contributed by atoms with Crippen molar-refractivity contribution in [2.24, 2.45) is 5.92 Å². The molecule has 3 aliphatic rings. The zero-order chi connectivity index (χ0) is 17.1. The molecule has 1 aromatic rings. The molecule has 140 valence electrons. The highest BCUT2D eigenvalue weighted by Crippen LogP contribution is 2.28. The lowest BCUT2D eigenvalue weighted by molar-refractivity contribution is -0.0521. The molecule has 3 heterocycles. The van der Waals surface area contributed by atoms with Crippen LogP contribution >= 0.6 is 0 Å². The maximum Gasteiger partial charge on any atom is 0.106 e. The second-order valence-corrected chi connectivity index (χ2v) is 8.73. The van der Waals surface area contributed by atoms with Gasteiger partial charge in [-0.2, -0.15) is 0 Å². The summed E-state index contributed by atoms with van der Waals surface area (Å²) >= 11 is 0. The van der Waals surface area contributed by atoms with E-state index in [2.05, 4.69) is 19.8 Å². The summed E-state index contributed by atoms with van der Waals surface area (Å²) in [5, 5.41) is 11.1. The second kappa shape index (κ2) is 7.77. The lowest BCUT2D eigenvalue weighted by Gasteiger charge is -2.41. The van der Waals surface area contributed by atoms with Crippen molar-refractivity contribution in [1.29, 1.82) is 0 Å². The molecule has 5 heteroatoms. The Labute approximate surface area is 151 Å². The van der Waals surface area contributed by atoms with E-state index < -0.39 is 5.60 Å². The smallest absolute Gasteiger partial charge is 0.106 e. The number of likely N-dealkylation sites (tertiary alicyclic amines) is 2. The van der Waals surface area contributed by atoms with E-state index in [9.17, 15) is 5.11 Å². The maximum atomic E-state index is 11.1. The van der Waals surface area contributed by atoms with Crippen LogP contribution < -0.4 is 0 Å². The largest absolute Gasteiger partial charge is 0.387 e. The Balaban J connectivity index is 1.30. The van der Waals surface area contributed by atoms with Crippen LogP contribution in [0, 0.1) is 5.92 Å². The molecule has 0 radical (unpaired) electrons. The van der Waals surface area contributed by atoms with Crippen LogP contribution in [0.15, 0.2) is 6.20 Å². The van der Waals surface area contributed by atoms with Crippen molar-refractivity contribution in [2.45, 2.75) is 69.9 Å². The average molecular weight is 347 g/mol. The van der Waals surface area contributed by atoms with Crippen LogP contribution in [0.5, 0.6) is 0 Å². The van der Waals surface area contributed by atoms with Crippen LogP contribution in [0.2, 0.25) is 0 Å². The first-order valence-corrected chi connectivity index (χ1v) is 10.4. The number of nitrogens with one attached hydrogen (secondary N) is 1. The molecule has 0 bridgehead atoms. The van der Waals surface area contributed by atoms with Gasteiger partial charge < -0.3 is 15.0 Å². The molecule has 0 aromatic carbocycles. The molecule has 2 aliphatic heterocycles. The highest BCUT2D eigenvalue weighted by Gasteiger charge is 2.35. The van der Waals surface area contributed by atoms with Crippen LogP contribution in [0.1, 0.15) is 62.9 Å². The highest BCUT2D eigenvalue weighted by molar-refractivity contribution is 5.03. The molecule has 0 spiro atoms. The molecule has 2 saturated heterocycles. The maximum absolute atomic E-state index is 11.1. The minimum atomic E-state index is -0.532. The fourth-order valence-electron chi connectivity index (χ4n) is 5.15. The predicted molar refractivity (Wildman–Crippen MR) is 99.4 cm³/mol. The summed E-state index contributed by atoms with van der Waals surface area (Å²) in [5.41, 5.74) is 0.674. The number of aliphatic hydroxyl groups is 1. The molecule has 2 N–H and O–H groups in total. The average Bonchev–Trinajstić information content (AvgIpc) is 3.31. The number of aromatic amines is 1. The molecule has 3 fully saturated rings. The third-order valence-electron chi connectivity index (χ3n) is 6.38. The molecule has 1 aliphatic carbocycles. The van der Waals surface area contributed by atoms with Crippen LogP contribution in [0.25, 0.3) is 0 Å². The first-order chi connectivity index (χ1) is 12.2. The number of β-amino-alcohol motifs (C(OH)–C–C–N with tert-alkyl or cyclic N) is 1. The minimum absolute atomic E-state index is 0.532. The van der Waals surface area contributed by atoms with E-state index in [-0.39, 0.29) is 0 Å². The normalized spacial score (nSPS) is 29.6. The second-order valence-electron chi connectivity index (χ2n) is 8.73. The summed E-state index contributed by atoms with van der Waals surface area (Å²) in [4.78, 5) is 13.0. The van der Waals surface area contributed by atoms with Crippen LogP contribution in [0.4, 0.5) is 0 Å². The Hall–Kier alpha value is -0.910. The topological polar surface area (TPSA) is 55.4 Å². The minimum Gasteiger partial charge on any atom is -0.387 e. The van der Waals surface area contributed by atoms with E-state index in [0.717, 1.165) is 70.3 Å². The van der Waals surface area contributed by atoms with E-state index in [0.29, 0.717) is 0 Å². The number of piperidine rings is 1. The van der Waals surface area contributed by atoms with Crippen molar-refractivity contribution in [3.8, 4) is 0 Å². The summed E-state index contributed by atoms with van der Waals surface area (Å²) in [6, 6.07) is 0. The van der Waals surface area contributed by atoms with Gasteiger partial charge in [-0.05, 0) is 51.2 Å². The standard InChI is InChI=1S/C20H34N4O/c25-20(15-23-9-3-4-10-23)8-5-11-24(16-20)14-18-13-21-19(22-18)12-17-6-1-2-7-17/h13,17,25H,1-12,14-16H2,(H,21,22). The Bertz CT molecular complexity index is 548. The van der Waals surface area contributed by atoms with Crippen molar-refractivity contribution >= 4 is 0 Å². The number of imidazole rings is 1. The first-order valence-electron chi connectivity index (χ1n) is 10.4. The van der Waals surface area contributed by atoms with Crippen molar-refractivity contribution in [1.82, 2.24) is 19.8 Å². The van der Waals surface area contributed by atoms with Crippen LogP contribution in [0.3, 0.4) is 0 Å². The Morgan fingerprint density at radius 1 is 1.08 bits per heavy atom. The lowest BCUT2D eigenvalue weighted by Crippen LogP contribution is -2.53. The van der Waals surface area contributed by atoms with Gasteiger partial charge in [0.15, 0.2) is 0 Å². The van der Waals surface area contributed by atoms with Crippen molar-refractivity contribution in [2.75, 3.05) is 32.7 Å². The van der Waals surface area contributed by atoms with Gasteiger partial charge in [0.05, 0.1) is 5.60 Å². The molecule has 4 rings (SSSR count). The first kappa shape index (κ1) is 17.5. The van der Waals surface area contributed by atoms with Gasteiger partial charge in [-0.25, -0.2) is 4.98 Å². The third kappa shape index (κ3) is 4.63. The number of hydrogen-bond acceptors (Lipinski definition) is 4. The molecule has 1 unspecified atom stereocenters. The van der Waals surface area contributed by atoms with Gasteiger partial charge in [-0.3, -0.25) is 4.90 Å². The van der Waals surface area contributed by atoms with Crippen molar-refractivity contribution in [3.05, 3.63) is 17.7 Å². The Kier molecular flexibility index (Phi) is 5.44. The van der Waals surface area contributed by atoms with E-state index in [1.165, 1.54) is 44.2 Å². The Morgan fingerprint density at radius 2 is 1.84 bits per heavy atom. The number of hydrogen-bond donors (Lipinski definition) is 2. The zero-order valence-corrected chi connectivity index (χ0v) is 15.6. The molecule has 1 atom stereocenters. The third-order valence-corrected chi connectivity index (χ3v) is 6.38. The summed E-state index contributed by atoms with van der Waals surface area (Å²) in [6.07, 6.45) is 13.2. The summed E-state index contributed by atoms with van der Waals surface area (Å²) in [6.45, 7) is 5.93. The monoisotopic (exact) mass is 346 g/mol. The van der Waals surface area contributed by atoms with E-state index >= 15 is 0 Å². The molecule has 1 saturated carbocycles. The van der Waals surface area contributed by atoms with Gasteiger partial charge in [0, 0.05) is 37.9 Å². The zero-order valence-electron chi connectivity index (χ0n) is 15.6. The fraction of sp³-hybridized carbons (Fsp3) is 0.850. The number of nitrogens with zero attached hydrogens (tertiary/aromatic N) is 3. The number of aromatic nitrogens is 2. The van der Waals surface area contributed by atoms with E-state index in [1.54, 1.807) is 0 Å².